The average molecular weight is 392 g/mol. The first-order valence-corrected chi connectivity index (χ1v) is 10.6. The fraction of sp³-hybridized carbons (Fsp3) is 0.417. The Hall–Kier alpha value is -2.66. The van der Waals surface area contributed by atoms with Crippen LogP contribution >= 0.6 is 0 Å². The van der Waals surface area contributed by atoms with E-state index in [9.17, 15) is 0 Å². The van der Waals surface area contributed by atoms with Crippen molar-refractivity contribution in [1.29, 1.82) is 0 Å². The van der Waals surface area contributed by atoms with Gasteiger partial charge in [-0.3, -0.25) is 0 Å². The van der Waals surface area contributed by atoms with Crippen molar-refractivity contribution in [3.05, 3.63) is 59.7 Å². The van der Waals surface area contributed by atoms with Gasteiger partial charge in [-0.05, 0) is 44.0 Å². The predicted octanol–water partition coefficient (Wildman–Crippen LogP) is 5.05. The molecule has 1 aliphatic carbocycles. The molecular weight excluding hydrogens is 364 g/mol. The molecule has 5 nitrogen and oxygen atoms in total. The van der Waals surface area contributed by atoms with Gasteiger partial charge in [0.1, 0.15) is 5.75 Å². The summed E-state index contributed by atoms with van der Waals surface area (Å²) in [4.78, 5) is 0. The molecule has 1 saturated carbocycles. The first-order valence-electron chi connectivity index (χ1n) is 10.6. The summed E-state index contributed by atoms with van der Waals surface area (Å²) >= 11 is 0. The summed E-state index contributed by atoms with van der Waals surface area (Å²) in [6.07, 6.45) is 7.93. The fourth-order valence-electron chi connectivity index (χ4n) is 4.84. The Balaban J connectivity index is 1.60. The first-order chi connectivity index (χ1) is 14.2. The summed E-state index contributed by atoms with van der Waals surface area (Å²) in [7, 11) is 1.70. The maximum Gasteiger partial charge on any atom is 0.180 e. The van der Waals surface area contributed by atoms with E-state index in [0.29, 0.717) is 6.61 Å². The molecule has 29 heavy (non-hydrogen) atoms. The monoisotopic (exact) mass is 392 g/mol. The van der Waals surface area contributed by atoms with E-state index >= 15 is 0 Å². The molecule has 5 rings (SSSR count). The Labute approximate surface area is 172 Å². The number of para-hydroxylation sites is 1. The minimum Gasteiger partial charge on any atom is -0.497 e. The SMILES string of the molecule is CCOc1cccc2c1OC1(CCCCC1)N1NC(c3cccc(OC)c3)=CC21. The highest BCUT2D eigenvalue weighted by Crippen LogP contribution is 2.52. The van der Waals surface area contributed by atoms with Crippen molar-refractivity contribution >= 4 is 5.70 Å². The van der Waals surface area contributed by atoms with Crippen LogP contribution in [-0.2, 0) is 0 Å². The number of nitrogens with zero attached hydrogens (tertiary/aromatic N) is 1. The summed E-state index contributed by atoms with van der Waals surface area (Å²) < 4.78 is 18.1. The van der Waals surface area contributed by atoms with Gasteiger partial charge in [-0.2, -0.15) is 5.01 Å². The third kappa shape index (κ3) is 3.04. The summed E-state index contributed by atoms with van der Waals surface area (Å²) in [5, 5.41) is 2.33. The lowest BCUT2D eigenvalue weighted by Gasteiger charge is -2.50. The van der Waals surface area contributed by atoms with Gasteiger partial charge in [0, 0.05) is 24.0 Å². The van der Waals surface area contributed by atoms with Gasteiger partial charge >= 0.3 is 0 Å². The van der Waals surface area contributed by atoms with Crippen LogP contribution in [0.5, 0.6) is 17.2 Å². The molecule has 2 aromatic carbocycles. The molecule has 0 amide bonds. The number of ether oxygens (including phenoxy) is 3. The number of benzene rings is 2. The number of hydrogen-bond acceptors (Lipinski definition) is 5. The summed E-state index contributed by atoms with van der Waals surface area (Å²) in [6, 6.07) is 14.5. The molecule has 3 aliphatic rings. The smallest absolute Gasteiger partial charge is 0.180 e. The second-order valence-electron chi connectivity index (χ2n) is 7.96. The highest BCUT2D eigenvalue weighted by Gasteiger charge is 2.51. The molecule has 1 N–H and O–H groups in total. The number of fused-ring (bicyclic) bond motifs is 4. The van der Waals surface area contributed by atoms with Crippen LogP contribution in [0.25, 0.3) is 5.70 Å². The highest BCUT2D eigenvalue weighted by molar-refractivity contribution is 5.69. The molecule has 1 fully saturated rings. The number of nitrogens with one attached hydrogen (secondary N) is 1. The minimum atomic E-state index is -0.347. The second-order valence-corrected chi connectivity index (χ2v) is 7.96. The number of hydrazine groups is 1. The van der Waals surface area contributed by atoms with Crippen LogP contribution in [0.2, 0.25) is 0 Å². The summed E-state index contributed by atoms with van der Waals surface area (Å²) in [5.74, 6) is 2.61. The lowest BCUT2D eigenvalue weighted by Crippen LogP contribution is -2.60. The van der Waals surface area contributed by atoms with Gasteiger partial charge in [0.2, 0.25) is 0 Å². The van der Waals surface area contributed by atoms with Crippen molar-refractivity contribution in [1.82, 2.24) is 10.4 Å². The molecule has 2 aromatic rings. The molecule has 0 radical (unpaired) electrons. The fourth-order valence-corrected chi connectivity index (χ4v) is 4.84. The van der Waals surface area contributed by atoms with E-state index in [1.807, 2.05) is 25.1 Å². The van der Waals surface area contributed by atoms with Crippen molar-refractivity contribution < 1.29 is 14.2 Å². The quantitative estimate of drug-likeness (QED) is 0.789. The average Bonchev–Trinajstić information content (AvgIpc) is 3.22. The largest absolute Gasteiger partial charge is 0.497 e. The lowest BCUT2D eigenvalue weighted by molar-refractivity contribution is -0.151. The van der Waals surface area contributed by atoms with Gasteiger partial charge in [-0.15, -0.1) is 0 Å². The van der Waals surface area contributed by atoms with Crippen LogP contribution < -0.4 is 19.6 Å². The normalized spacial score (nSPS) is 22.1. The molecule has 5 heteroatoms. The molecule has 0 aromatic heterocycles. The second kappa shape index (κ2) is 7.30. The van der Waals surface area contributed by atoms with Gasteiger partial charge in [0.25, 0.3) is 0 Å². The molecule has 2 aliphatic heterocycles. The van der Waals surface area contributed by atoms with Gasteiger partial charge in [0.15, 0.2) is 17.2 Å². The first kappa shape index (κ1) is 18.4. The van der Waals surface area contributed by atoms with Gasteiger partial charge in [-0.1, -0.05) is 30.7 Å². The van der Waals surface area contributed by atoms with E-state index in [0.717, 1.165) is 46.9 Å². The van der Waals surface area contributed by atoms with Crippen molar-refractivity contribution in [2.24, 2.45) is 0 Å². The Bertz CT molecular complexity index is 933. The van der Waals surface area contributed by atoms with Crippen LogP contribution in [0.15, 0.2) is 48.5 Å². The highest BCUT2D eigenvalue weighted by atomic mass is 16.6. The van der Waals surface area contributed by atoms with Crippen LogP contribution in [0, 0.1) is 0 Å². The lowest BCUT2D eigenvalue weighted by atomic mass is 9.87. The molecule has 1 unspecified atom stereocenters. The number of hydrogen-bond donors (Lipinski definition) is 1. The van der Waals surface area contributed by atoms with E-state index in [-0.39, 0.29) is 11.8 Å². The van der Waals surface area contributed by atoms with Crippen molar-refractivity contribution in [3.63, 3.8) is 0 Å². The summed E-state index contributed by atoms with van der Waals surface area (Å²) in [6.45, 7) is 2.65. The standard InChI is InChI=1S/C24H28N2O3/c1-3-28-22-12-8-11-19-21-16-20(17-9-7-10-18(15-17)27-2)25-26(21)24(29-23(19)22)13-5-4-6-14-24/h7-12,15-16,21,25H,3-6,13-14H2,1-2H3. The van der Waals surface area contributed by atoms with Crippen LogP contribution in [0.1, 0.15) is 56.2 Å². The number of rotatable bonds is 4. The van der Waals surface area contributed by atoms with E-state index in [2.05, 4.69) is 40.8 Å². The Morgan fingerprint density at radius 1 is 1.14 bits per heavy atom. The maximum atomic E-state index is 6.77. The number of methoxy groups -OCH3 is 1. The van der Waals surface area contributed by atoms with Crippen molar-refractivity contribution in [2.45, 2.75) is 50.8 Å². The molecular formula is C24H28N2O3. The predicted molar refractivity (Wildman–Crippen MR) is 113 cm³/mol. The van der Waals surface area contributed by atoms with Gasteiger partial charge < -0.3 is 19.6 Å². The zero-order valence-electron chi connectivity index (χ0n) is 17.1. The van der Waals surface area contributed by atoms with Crippen molar-refractivity contribution in [2.75, 3.05) is 13.7 Å². The van der Waals surface area contributed by atoms with Crippen LogP contribution in [-0.4, -0.2) is 24.5 Å². The molecule has 152 valence electrons. The topological polar surface area (TPSA) is 43.0 Å². The van der Waals surface area contributed by atoms with E-state index in [1.54, 1.807) is 7.11 Å². The third-order valence-electron chi connectivity index (χ3n) is 6.22. The summed E-state index contributed by atoms with van der Waals surface area (Å²) in [5.41, 5.74) is 6.70. The zero-order chi connectivity index (χ0) is 19.8. The van der Waals surface area contributed by atoms with Gasteiger partial charge in [0.05, 0.1) is 25.5 Å². The van der Waals surface area contributed by atoms with E-state index in [1.165, 1.54) is 19.3 Å². The Morgan fingerprint density at radius 2 is 1.97 bits per heavy atom. The molecule has 1 atom stereocenters. The van der Waals surface area contributed by atoms with Gasteiger partial charge in [-0.25, -0.2) is 0 Å². The van der Waals surface area contributed by atoms with Crippen LogP contribution in [0.3, 0.4) is 0 Å². The van der Waals surface area contributed by atoms with Crippen molar-refractivity contribution in [3.8, 4) is 17.2 Å². The van der Waals surface area contributed by atoms with E-state index < -0.39 is 0 Å². The molecule has 0 bridgehead atoms. The van der Waals surface area contributed by atoms with E-state index in [4.69, 9.17) is 14.2 Å². The minimum absolute atomic E-state index is 0.110. The molecule has 1 spiro atoms. The molecule has 0 saturated heterocycles. The van der Waals surface area contributed by atoms with Crippen LogP contribution in [0.4, 0.5) is 0 Å². The Kier molecular flexibility index (Phi) is 4.63. The molecule has 2 heterocycles. The maximum absolute atomic E-state index is 6.77. The third-order valence-corrected chi connectivity index (χ3v) is 6.22. The Morgan fingerprint density at radius 3 is 2.76 bits per heavy atom. The zero-order valence-corrected chi connectivity index (χ0v) is 17.1.